The number of carboxylic acids is 1. The second-order valence-electron chi connectivity index (χ2n) is 4.36. The van der Waals surface area contributed by atoms with Crippen molar-refractivity contribution < 1.29 is 14.7 Å². The number of halogens is 1. The molecule has 0 bridgehead atoms. The van der Waals surface area contributed by atoms with Crippen LogP contribution in [0.1, 0.15) is 25.1 Å². The first kappa shape index (κ1) is 15.2. The van der Waals surface area contributed by atoms with Gasteiger partial charge in [-0.1, -0.05) is 13.8 Å². The van der Waals surface area contributed by atoms with Gasteiger partial charge >= 0.3 is 5.97 Å². The van der Waals surface area contributed by atoms with Crippen molar-refractivity contribution >= 4 is 39.1 Å². The van der Waals surface area contributed by atoms with E-state index in [9.17, 15) is 9.59 Å². The van der Waals surface area contributed by atoms with Crippen molar-refractivity contribution in [2.24, 2.45) is 5.92 Å². The minimum Gasteiger partial charge on any atom is -0.480 e. The summed E-state index contributed by atoms with van der Waals surface area (Å²) in [6.45, 7) is 3.55. The van der Waals surface area contributed by atoms with Crippen LogP contribution in [-0.2, 0) is 16.0 Å². The predicted octanol–water partition coefficient (Wildman–Crippen LogP) is 2.67. The van der Waals surface area contributed by atoms with E-state index in [0.717, 1.165) is 9.35 Å². The maximum Gasteiger partial charge on any atom is 0.326 e. The van der Waals surface area contributed by atoms with Gasteiger partial charge in [-0.3, -0.25) is 4.79 Å². The third kappa shape index (κ3) is 4.78. The summed E-state index contributed by atoms with van der Waals surface area (Å²) in [5, 5.41) is 13.5. The first-order valence-corrected chi connectivity index (χ1v) is 7.32. The minimum atomic E-state index is -0.989. The predicted molar refractivity (Wildman–Crippen MR) is 74.7 cm³/mol. The Hall–Kier alpha value is -0.880. The Bertz CT molecular complexity index is 431. The van der Waals surface area contributed by atoms with Crippen LogP contribution in [0.4, 0.5) is 0 Å². The molecule has 1 amide bonds. The van der Waals surface area contributed by atoms with Crippen LogP contribution in [0.2, 0.25) is 0 Å². The van der Waals surface area contributed by atoms with Crippen molar-refractivity contribution in [2.45, 2.75) is 32.7 Å². The molecule has 0 fully saturated rings. The molecule has 6 heteroatoms. The van der Waals surface area contributed by atoms with Gasteiger partial charge in [0, 0.05) is 21.2 Å². The van der Waals surface area contributed by atoms with E-state index in [2.05, 4.69) is 21.2 Å². The number of amides is 1. The van der Waals surface area contributed by atoms with Gasteiger partial charge in [0.05, 0.1) is 0 Å². The average Bonchev–Trinajstić information content (AvgIpc) is 2.68. The van der Waals surface area contributed by atoms with E-state index in [1.54, 1.807) is 25.2 Å². The zero-order valence-electron chi connectivity index (χ0n) is 10.3. The van der Waals surface area contributed by atoms with Crippen molar-refractivity contribution in [3.63, 3.8) is 0 Å². The normalized spacial score (nSPS) is 12.4. The Morgan fingerprint density at radius 1 is 1.50 bits per heavy atom. The van der Waals surface area contributed by atoms with Crippen molar-refractivity contribution in [3.05, 3.63) is 20.8 Å². The number of carbonyl (C=O) groups excluding carboxylic acids is 1. The van der Waals surface area contributed by atoms with Gasteiger partial charge in [0.15, 0.2) is 0 Å². The van der Waals surface area contributed by atoms with E-state index in [1.807, 2.05) is 11.4 Å². The topological polar surface area (TPSA) is 66.4 Å². The zero-order valence-corrected chi connectivity index (χ0v) is 12.7. The monoisotopic (exact) mass is 333 g/mol. The van der Waals surface area contributed by atoms with Crippen LogP contribution in [0.15, 0.2) is 15.9 Å². The first-order chi connectivity index (χ1) is 8.40. The van der Waals surface area contributed by atoms with Crippen LogP contribution in [0, 0.1) is 5.92 Å². The number of aryl methyl sites for hydroxylation is 1. The lowest BCUT2D eigenvalue weighted by Crippen LogP contribution is -2.44. The van der Waals surface area contributed by atoms with Crippen LogP contribution in [0.5, 0.6) is 0 Å². The van der Waals surface area contributed by atoms with Crippen LogP contribution in [0.25, 0.3) is 0 Å². The molecule has 100 valence electrons. The van der Waals surface area contributed by atoms with Gasteiger partial charge < -0.3 is 10.4 Å². The van der Waals surface area contributed by atoms with Crippen molar-refractivity contribution in [2.75, 3.05) is 0 Å². The largest absolute Gasteiger partial charge is 0.480 e. The molecule has 0 spiro atoms. The smallest absolute Gasteiger partial charge is 0.326 e. The highest BCUT2D eigenvalue weighted by Crippen LogP contribution is 2.20. The summed E-state index contributed by atoms with van der Waals surface area (Å²) in [4.78, 5) is 23.7. The highest BCUT2D eigenvalue weighted by Gasteiger charge is 2.23. The van der Waals surface area contributed by atoms with Crippen LogP contribution in [-0.4, -0.2) is 23.0 Å². The number of carbonyl (C=O) groups is 2. The molecular formula is C12H16BrNO3S. The van der Waals surface area contributed by atoms with E-state index < -0.39 is 12.0 Å². The molecule has 0 aliphatic rings. The van der Waals surface area contributed by atoms with Gasteiger partial charge in [-0.2, -0.15) is 0 Å². The standard InChI is InChI=1S/C12H16BrNO3S/c1-7(2)11(12(16)17)14-10(15)4-3-9-5-8(13)6-18-9/h5-7,11H,3-4H2,1-2H3,(H,14,15)(H,16,17). The molecule has 0 radical (unpaired) electrons. The van der Waals surface area contributed by atoms with Crippen LogP contribution >= 0.6 is 27.3 Å². The molecule has 1 rings (SSSR count). The molecule has 0 aliphatic carbocycles. The third-order valence-electron chi connectivity index (χ3n) is 2.47. The second kappa shape index (κ2) is 6.89. The maximum absolute atomic E-state index is 11.7. The molecule has 0 saturated carbocycles. The van der Waals surface area contributed by atoms with Gasteiger partial charge in [-0.15, -0.1) is 11.3 Å². The number of hydrogen-bond donors (Lipinski definition) is 2. The summed E-state index contributed by atoms with van der Waals surface area (Å²) in [6, 6.07) is 1.15. The molecule has 4 nitrogen and oxygen atoms in total. The lowest BCUT2D eigenvalue weighted by Gasteiger charge is -2.17. The Morgan fingerprint density at radius 3 is 2.61 bits per heavy atom. The summed E-state index contributed by atoms with van der Waals surface area (Å²) in [5.41, 5.74) is 0. The van der Waals surface area contributed by atoms with Crippen molar-refractivity contribution in [1.82, 2.24) is 5.32 Å². The first-order valence-electron chi connectivity index (χ1n) is 5.65. The number of nitrogens with one attached hydrogen (secondary N) is 1. The summed E-state index contributed by atoms with van der Waals surface area (Å²) in [5.74, 6) is -1.33. The molecule has 0 saturated heterocycles. The summed E-state index contributed by atoms with van der Waals surface area (Å²) < 4.78 is 1.01. The lowest BCUT2D eigenvalue weighted by molar-refractivity contribution is -0.143. The summed E-state index contributed by atoms with van der Waals surface area (Å²) >= 11 is 4.93. The Balaban J connectivity index is 2.43. The quantitative estimate of drug-likeness (QED) is 0.841. The molecule has 18 heavy (non-hydrogen) atoms. The molecule has 0 aliphatic heterocycles. The molecule has 1 atom stereocenters. The maximum atomic E-state index is 11.7. The molecule has 1 unspecified atom stereocenters. The van der Waals surface area contributed by atoms with Crippen LogP contribution < -0.4 is 5.32 Å². The molecule has 1 aromatic heterocycles. The highest BCUT2D eigenvalue weighted by molar-refractivity contribution is 9.10. The zero-order chi connectivity index (χ0) is 13.7. The van der Waals surface area contributed by atoms with Crippen LogP contribution in [0.3, 0.4) is 0 Å². The van der Waals surface area contributed by atoms with Gasteiger partial charge in [0.1, 0.15) is 6.04 Å². The molecule has 0 aromatic carbocycles. The van der Waals surface area contributed by atoms with Gasteiger partial charge in [0.2, 0.25) is 5.91 Å². The lowest BCUT2D eigenvalue weighted by atomic mass is 10.0. The Labute approximate surface area is 119 Å². The Kier molecular flexibility index (Phi) is 5.81. The SMILES string of the molecule is CC(C)C(NC(=O)CCc1cc(Br)cs1)C(=O)O. The Morgan fingerprint density at radius 2 is 2.17 bits per heavy atom. The number of carboxylic acid groups (broad SMARTS) is 1. The summed E-state index contributed by atoms with van der Waals surface area (Å²) in [6.07, 6.45) is 0.940. The van der Waals surface area contributed by atoms with Gasteiger partial charge in [-0.25, -0.2) is 4.79 Å². The average molecular weight is 334 g/mol. The fourth-order valence-corrected chi connectivity index (χ4v) is 2.94. The molecular weight excluding hydrogens is 318 g/mol. The third-order valence-corrected chi connectivity index (χ3v) is 4.23. The second-order valence-corrected chi connectivity index (χ2v) is 6.27. The number of aliphatic carboxylic acids is 1. The molecule has 1 aromatic rings. The van der Waals surface area contributed by atoms with Gasteiger partial charge in [0.25, 0.3) is 0 Å². The van der Waals surface area contributed by atoms with E-state index in [1.165, 1.54) is 0 Å². The van der Waals surface area contributed by atoms with Crippen molar-refractivity contribution in [1.29, 1.82) is 0 Å². The fraction of sp³-hybridized carbons (Fsp3) is 0.500. The number of rotatable bonds is 6. The van der Waals surface area contributed by atoms with Gasteiger partial charge in [-0.05, 0) is 34.3 Å². The fourth-order valence-electron chi connectivity index (χ4n) is 1.48. The van der Waals surface area contributed by atoms with E-state index in [0.29, 0.717) is 12.8 Å². The van der Waals surface area contributed by atoms with E-state index in [4.69, 9.17) is 5.11 Å². The summed E-state index contributed by atoms with van der Waals surface area (Å²) in [7, 11) is 0. The number of thiophene rings is 1. The van der Waals surface area contributed by atoms with E-state index in [-0.39, 0.29) is 11.8 Å². The molecule has 2 N–H and O–H groups in total. The van der Waals surface area contributed by atoms with Crippen molar-refractivity contribution in [3.8, 4) is 0 Å². The number of hydrogen-bond acceptors (Lipinski definition) is 3. The molecule has 1 heterocycles. The highest BCUT2D eigenvalue weighted by atomic mass is 79.9. The van der Waals surface area contributed by atoms with E-state index >= 15 is 0 Å². The minimum absolute atomic E-state index is 0.123.